The molecule has 1 aliphatic heterocycles. The summed E-state index contributed by atoms with van der Waals surface area (Å²) in [7, 11) is 0. The number of nitrogens with one attached hydrogen (secondary N) is 2. The van der Waals surface area contributed by atoms with Crippen LogP contribution in [0.3, 0.4) is 0 Å². The minimum atomic E-state index is 0.0576. The van der Waals surface area contributed by atoms with E-state index in [2.05, 4.69) is 51.5 Å². The molecular weight excluding hydrogens is 348 g/mol. The molecule has 1 unspecified atom stereocenters. The van der Waals surface area contributed by atoms with E-state index in [4.69, 9.17) is 0 Å². The molecule has 0 saturated carbocycles. The molecule has 5 nitrogen and oxygen atoms in total. The molecular formula is C23H28N4O. The molecule has 1 amide bonds. The van der Waals surface area contributed by atoms with Gasteiger partial charge in [0.1, 0.15) is 5.65 Å². The van der Waals surface area contributed by atoms with Gasteiger partial charge in [-0.15, -0.1) is 0 Å². The molecule has 5 heteroatoms. The van der Waals surface area contributed by atoms with Crippen LogP contribution in [0.1, 0.15) is 36.9 Å². The van der Waals surface area contributed by atoms with E-state index < -0.39 is 0 Å². The second-order valence-electron chi connectivity index (χ2n) is 7.72. The van der Waals surface area contributed by atoms with Gasteiger partial charge < -0.3 is 15.2 Å². The number of aromatic nitrogens is 2. The van der Waals surface area contributed by atoms with Gasteiger partial charge in [0.15, 0.2) is 0 Å². The number of aromatic amines is 1. The number of rotatable bonds is 6. The summed E-state index contributed by atoms with van der Waals surface area (Å²) >= 11 is 0. The van der Waals surface area contributed by atoms with Crippen LogP contribution >= 0.6 is 0 Å². The number of nitrogens with zero attached hydrogens (tertiary/aromatic N) is 2. The Balaban J connectivity index is 1.24. The van der Waals surface area contributed by atoms with Gasteiger partial charge in [-0.1, -0.05) is 30.3 Å². The van der Waals surface area contributed by atoms with Crippen LogP contribution < -0.4 is 5.32 Å². The van der Waals surface area contributed by atoms with Crippen LogP contribution in [0.15, 0.2) is 54.9 Å². The zero-order valence-corrected chi connectivity index (χ0v) is 16.4. The molecule has 1 fully saturated rings. The second kappa shape index (κ2) is 8.57. The predicted octanol–water partition coefficient (Wildman–Crippen LogP) is 3.69. The van der Waals surface area contributed by atoms with Crippen LogP contribution in [0.2, 0.25) is 0 Å². The maximum atomic E-state index is 12.6. The lowest BCUT2D eigenvalue weighted by molar-refractivity contribution is -0.127. The normalized spacial score (nSPS) is 16.9. The summed E-state index contributed by atoms with van der Waals surface area (Å²) in [4.78, 5) is 22.7. The van der Waals surface area contributed by atoms with Crippen molar-refractivity contribution in [3.63, 3.8) is 0 Å². The topological polar surface area (TPSA) is 61.0 Å². The Bertz CT molecular complexity index is 913. The second-order valence-corrected chi connectivity index (χ2v) is 7.72. The molecule has 4 rings (SSSR count). The minimum absolute atomic E-state index is 0.0576. The lowest BCUT2D eigenvalue weighted by atomic mass is 9.95. The summed E-state index contributed by atoms with van der Waals surface area (Å²) in [6.07, 6.45) is 6.76. The molecule has 3 heterocycles. The zero-order chi connectivity index (χ0) is 19.3. The number of pyridine rings is 1. The van der Waals surface area contributed by atoms with E-state index in [1.165, 1.54) is 10.9 Å². The Morgan fingerprint density at radius 1 is 1.21 bits per heavy atom. The predicted molar refractivity (Wildman–Crippen MR) is 112 cm³/mol. The van der Waals surface area contributed by atoms with Crippen LogP contribution in [-0.4, -0.2) is 40.4 Å². The van der Waals surface area contributed by atoms with Crippen LogP contribution in [0, 0.1) is 5.92 Å². The van der Waals surface area contributed by atoms with E-state index in [-0.39, 0.29) is 17.9 Å². The van der Waals surface area contributed by atoms with E-state index in [0.29, 0.717) is 0 Å². The van der Waals surface area contributed by atoms with E-state index in [1.807, 2.05) is 30.5 Å². The quantitative estimate of drug-likeness (QED) is 0.690. The van der Waals surface area contributed by atoms with Crippen molar-refractivity contribution in [1.82, 2.24) is 20.2 Å². The van der Waals surface area contributed by atoms with E-state index in [9.17, 15) is 4.79 Å². The Morgan fingerprint density at radius 2 is 2.00 bits per heavy atom. The first-order valence-corrected chi connectivity index (χ1v) is 10.2. The fraction of sp³-hybridized carbons (Fsp3) is 0.391. The van der Waals surface area contributed by atoms with Gasteiger partial charge in [0.2, 0.25) is 5.91 Å². The van der Waals surface area contributed by atoms with Gasteiger partial charge in [0.25, 0.3) is 0 Å². The number of hydrogen-bond acceptors (Lipinski definition) is 3. The van der Waals surface area contributed by atoms with E-state index in [1.54, 1.807) is 0 Å². The third kappa shape index (κ3) is 4.25. The monoisotopic (exact) mass is 376 g/mol. The molecule has 0 spiro atoms. The molecule has 0 bridgehead atoms. The number of carbonyl (C=O) groups excluding carboxylic acids is 1. The molecule has 1 aromatic carbocycles. The van der Waals surface area contributed by atoms with Crippen LogP contribution in [0.4, 0.5) is 0 Å². The maximum Gasteiger partial charge on any atom is 0.223 e. The standard InChI is InChI=1S/C23H28N4O/c1-17(18-6-3-2-4-7-18)26-23(28)19-9-13-27(14-10-19)15-11-20-16-25-22-21(20)8-5-12-24-22/h2-8,12,16-17,19H,9-11,13-15H2,1H3,(H,24,25)(H,26,28). The molecule has 2 N–H and O–H groups in total. The SMILES string of the molecule is CC(NC(=O)C1CCN(CCc2c[nH]c3ncccc23)CC1)c1ccccc1. The van der Waals surface area contributed by atoms with Gasteiger partial charge in [-0.05, 0) is 62.5 Å². The smallest absolute Gasteiger partial charge is 0.223 e. The lowest BCUT2D eigenvalue weighted by Crippen LogP contribution is -2.41. The van der Waals surface area contributed by atoms with Crippen molar-refractivity contribution in [3.8, 4) is 0 Å². The maximum absolute atomic E-state index is 12.6. The first-order valence-electron chi connectivity index (χ1n) is 10.2. The average molecular weight is 377 g/mol. The van der Waals surface area contributed by atoms with Crippen molar-refractivity contribution in [1.29, 1.82) is 0 Å². The van der Waals surface area contributed by atoms with Crippen LogP contribution in [-0.2, 0) is 11.2 Å². The third-order valence-electron chi connectivity index (χ3n) is 5.85. The summed E-state index contributed by atoms with van der Waals surface area (Å²) in [5.74, 6) is 0.318. The van der Waals surface area contributed by atoms with Crippen LogP contribution in [0.25, 0.3) is 11.0 Å². The summed E-state index contributed by atoms with van der Waals surface area (Å²) in [6, 6.07) is 14.3. The Labute approximate surface area is 166 Å². The molecule has 146 valence electrons. The highest BCUT2D eigenvalue weighted by molar-refractivity contribution is 5.80. The Kier molecular flexibility index (Phi) is 5.72. The minimum Gasteiger partial charge on any atom is -0.349 e. The number of H-pyrrole nitrogens is 1. The summed E-state index contributed by atoms with van der Waals surface area (Å²) < 4.78 is 0. The summed E-state index contributed by atoms with van der Waals surface area (Å²) in [5.41, 5.74) is 3.43. The number of carbonyl (C=O) groups is 1. The third-order valence-corrected chi connectivity index (χ3v) is 5.85. The lowest BCUT2D eigenvalue weighted by Gasteiger charge is -2.31. The van der Waals surface area contributed by atoms with Crippen molar-refractivity contribution >= 4 is 16.9 Å². The number of likely N-dealkylation sites (tertiary alicyclic amines) is 1. The zero-order valence-electron chi connectivity index (χ0n) is 16.4. The first kappa shape index (κ1) is 18.7. The molecule has 1 atom stereocenters. The molecule has 0 aliphatic carbocycles. The van der Waals surface area contributed by atoms with Gasteiger partial charge in [0, 0.05) is 30.2 Å². The van der Waals surface area contributed by atoms with E-state index >= 15 is 0 Å². The van der Waals surface area contributed by atoms with Gasteiger partial charge in [-0.3, -0.25) is 4.79 Å². The van der Waals surface area contributed by atoms with Crippen LogP contribution in [0.5, 0.6) is 0 Å². The highest BCUT2D eigenvalue weighted by atomic mass is 16.1. The first-order chi connectivity index (χ1) is 13.7. The summed E-state index contributed by atoms with van der Waals surface area (Å²) in [5, 5.41) is 4.40. The molecule has 2 aromatic heterocycles. The van der Waals surface area contributed by atoms with Crippen molar-refractivity contribution in [3.05, 3.63) is 66.0 Å². The molecule has 0 radical (unpaired) electrons. The van der Waals surface area contributed by atoms with Gasteiger partial charge in [0.05, 0.1) is 6.04 Å². The van der Waals surface area contributed by atoms with Crippen molar-refractivity contribution in [2.24, 2.45) is 5.92 Å². The number of amides is 1. The largest absolute Gasteiger partial charge is 0.349 e. The molecule has 3 aromatic rings. The Hall–Kier alpha value is -2.66. The highest BCUT2D eigenvalue weighted by Gasteiger charge is 2.25. The van der Waals surface area contributed by atoms with Gasteiger partial charge in [-0.2, -0.15) is 0 Å². The molecule has 1 aliphatic rings. The number of benzene rings is 1. The molecule has 1 saturated heterocycles. The van der Waals surface area contributed by atoms with Crippen molar-refractivity contribution in [2.45, 2.75) is 32.2 Å². The Morgan fingerprint density at radius 3 is 2.79 bits per heavy atom. The number of hydrogen-bond donors (Lipinski definition) is 2. The number of fused-ring (bicyclic) bond motifs is 1. The number of piperidine rings is 1. The van der Waals surface area contributed by atoms with Gasteiger partial charge in [-0.25, -0.2) is 4.98 Å². The van der Waals surface area contributed by atoms with Crippen molar-refractivity contribution < 1.29 is 4.79 Å². The fourth-order valence-corrected chi connectivity index (χ4v) is 4.07. The highest BCUT2D eigenvalue weighted by Crippen LogP contribution is 2.21. The summed E-state index contributed by atoms with van der Waals surface area (Å²) in [6.45, 7) is 5.05. The average Bonchev–Trinajstić information content (AvgIpc) is 3.16. The van der Waals surface area contributed by atoms with Crippen molar-refractivity contribution in [2.75, 3.05) is 19.6 Å². The van der Waals surface area contributed by atoms with E-state index in [0.717, 1.165) is 50.1 Å². The molecule has 28 heavy (non-hydrogen) atoms. The fourth-order valence-electron chi connectivity index (χ4n) is 4.07. The van der Waals surface area contributed by atoms with Gasteiger partial charge >= 0.3 is 0 Å².